The summed E-state index contributed by atoms with van der Waals surface area (Å²) in [6.07, 6.45) is 4.94. The summed E-state index contributed by atoms with van der Waals surface area (Å²) in [5.41, 5.74) is 4.84. The summed E-state index contributed by atoms with van der Waals surface area (Å²) in [6, 6.07) is 6.35. The Kier molecular flexibility index (Phi) is 8.60. The van der Waals surface area contributed by atoms with Crippen molar-refractivity contribution in [1.29, 1.82) is 0 Å². The summed E-state index contributed by atoms with van der Waals surface area (Å²) in [6.45, 7) is 15.1. The molecule has 2 aromatic rings. The Labute approximate surface area is 153 Å². The SMILES string of the molecule is CCc1ccnc(C(C)C)c1.COc1cc(C(C)C)cnc1C(C)C. The normalized spacial score (nSPS) is 10.8. The lowest BCUT2D eigenvalue weighted by Crippen LogP contribution is -2.00. The summed E-state index contributed by atoms with van der Waals surface area (Å²) < 4.78 is 5.33. The maximum Gasteiger partial charge on any atom is 0.140 e. The van der Waals surface area contributed by atoms with Gasteiger partial charge in [-0.15, -0.1) is 0 Å². The molecule has 2 heterocycles. The first-order valence-corrected chi connectivity index (χ1v) is 9.28. The maximum absolute atomic E-state index is 5.33. The van der Waals surface area contributed by atoms with Gasteiger partial charge in [-0.05, 0) is 53.5 Å². The van der Waals surface area contributed by atoms with Crippen LogP contribution < -0.4 is 4.74 Å². The molecule has 0 radical (unpaired) electrons. The number of aryl methyl sites for hydroxylation is 1. The van der Waals surface area contributed by atoms with Gasteiger partial charge in [-0.1, -0.05) is 48.5 Å². The minimum Gasteiger partial charge on any atom is -0.495 e. The first-order chi connectivity index (χ1) is 11.8. The van der Waals surface area contributed by atoms with Crippen LogP contribution in [0.3, 0.4) is 0 Å². The molecule has 0 aliphatic carbocycles. The van der Waals surface area contributed by atoms with E-state index in [4.69, 9.17) is 4.74 Å². The molecule has 2 aromatic heterocycles. The third kappa shape index (κ3) is 6.49. The van der Waals surface area contributed by atoms with Crippen molar-refractivity contribution in [2.24, 2.45) is 0 Å². The molecule has 0 N–H and O–H groups in total. The topological polar surface area (TPSA) is 35.0 Å². The van der Waals surface area contributed by atoms with Crippen LogP contribution in [0.15, 0.2) is 30.6 Å². The van der Waals surface area contributed by atoms with Crippen molar-refractivity contribution < 1.29 is 4.74 Å². The Bertz CT molecular complexity index is 648. The molecule has 0 bridgehead atoms. The van der Waals surface area contributed by atoms with Crippen LogP contribution in [0, 0.1) is 0 Å². The van der Waals surface area contributed by atoms with E-state index in [0.717, 1.165) is 17.9 Å². The first-order valence-electron chi connectivity index (χ1n) is 9.28. The number of methoxy groups -OCH3 is 1. The highest BCUT2D eigenvalue weighted by Gasteiger charge is 2.10. The Balaban J connectivity index is 0.000000257. The number of nitrogens with zero attached hydrogens (tertiary/aromatic N) is 2. The standard InChI is InChI=1S/C12H19NO.C10H15N/c1-8(2)10-6-11(14-5)12(9(3)4)13-7-10;1-4-9-5-6-11-10(7-9)8(2)3/h6-9H,1-5H3;5-8H,4H2,1-3H3. The number of hydrogen-bond donors (Lipinski definition) is 0. The van der Waals surface area contributed by atoms with Gasteiger partial charge in [-0.25, -0.2) is 0 Å². The van der Waals surface area contributed by atoms with E-state index in [1.807, 2.05) is 12.4 Å². The van der Waals surface area contributed by atoms with Crippen LogP contribution in [0.5, 0.6) is 5.75 Å². The van der Waals surface area contributed by atoms with E-state index in [1.165, 1.54) is 16.8 Å². The van der Waals surface area contributed by atoms with Gasteiger partial charge in [0.25, 0.3) is 0 Å². The fraction of sp³-hybridized carbons (Fsp3) is 0.545. The van der Waals surface area contributed by atoms with Gasteiger partial charge in [0, 0.05) is 18.1 Å². The van der Waals surface area contributed by atoms with Gasteiger partial charge in [0.05, 0.1) is 12.8 Å². The number of pyridine rings is 2. The summed E-state index contributed by atoms with van der Waals surface area (Å²) in [4.78, 5) is 8.73. The number of ether oxygens (including phenoxy) is 1. The number of rotatable bonds is 5. The minimum atomic E-state index is 0.408. The molecular weight excluding hydrogens is 308 g/mol. The van der Waals surface area contributed by atoms with Gasteiger partial charge >= 0.3 is 0 Å². The molecule has 2 rings (SSSR count). The molecular formula is C22H34N2O. The molecule has 0 spiro atoms. The van der Waals surface area contributed by atoms with Crippen molar-refractivity contribution in [3.63, 3.8) is 0 Å². The van der Waals surface area contributed by atoms with Crippen molar-refractivity contribution in [2.75, 3.05) is 7.11 Å². The molecule has 0 unspecified atom stereocenters. The molecule has 0 saturated heterocycles. The van der Waals surface area contributed by atoms with E-state index in [-0.39, 0.29) is 0 Å². The highest BCUT2D eigenvalue weighted by molar-refractivity contribution is 5.34. The lowest BCUT2D eigenvalue weighted by molar-refractivity contribution is 0.403. The molecule has 25 heavy (non-hydrogen) atoms. The second-order valence-electron chi connectivity index (χ2n) is 7.26. The molecule has 0 saturated carbocycles. The third-order valence-corrected chi connectivity index (χ3v) is 4.18. The van der Waals surface area contributed by atoms with Gasteiger partial charge in [-0.3, -0.25) is 9.97 Å². The van der Waals surface area contributed by atoms with E-state index in [0.29, 0.717) is 17.8 Å². The van der Waals surface area contributed by atoms with Crippen molar-refractivity contribution in [3.8, 4) is 5.75 Å². The molecule has 138 valence electrons. The largest absolute Gasteiger partial charge is 0.495 e. The van der Waals surface area contributed by atoms with Crippen LogP contribution in [-0.2, 0) is 6.42 Å². The fourth-order valence-electron chi connectivity index (χ4n) is 2.41. The zero-order chi connectivity index (χ0) is 19.0. The van der Waals surface area contributed by atoms with E-state index in [1.54, 1.807) is 7.11 Å². The van der Waals surface area contributed by atoms with Crippen LogP contribution in [0.4, 0.5) is 0 Å². The first kappa shape index (κ1) is 21.1. The Morgan fingerprint density at radius 1 is 0.920 bits per heavy atom. The van der Waals surface area contributed by atoms with E-state index in [9.17, 15) is 0 Å². The number of aromatic nitrogens is 2. The Morgan fingerprint density at radius 3 is 2.08 bits per heavy atom. The fourth-order valence-corrected chi connectivity index (χ4v) is 2.41. The molecule has 0 aliphatic rings. The highest BCUT2D eigenvalue weighted by atomic mass is 16.5. The van der Waals surface area contributed by atoms with Crippen molar-refractivity contribution in [1.82, 2.24) is 9.97 Å². The third-order valence-electron chi connectivity index (χ3n) is 4.18. The zero-order valence-electron chi connectivity index (χ0n) is 17.1. The van der Waals surface area contributed by atoms with Gasteiger partial charge < -0.3 is 4.74 Å². The molecule has 0 aromatic carbocycles. The quantitative estimate of drug-likeness (QED) is 0.658. The monoisotopic (exact) mass is 342 g/mol. The van der Waals surface area contributed by atoms with E-state index < -0.39 is 0 Å². The summed E-state index contributed by atoms with van der Waals surface area (Å²) in [5.74, 6) is 2.36. The van der Waals surface area contributed by atoms with Crippen molar-refractivity contribution >= 4 is 0 Å². The average Bonchev–Trinajstić information content (AvgIpc) is 2.61. The van der Waals surface area contributed by atoms with Gasteiger partial charge in [0.15, 0.2) is 0 Å². The van der Waals surface area contributed by atoms with Crippen LogP contribution >= 0.6 is 0 Å². The predicted molar refractivity (Wildman–Crippen MR) is 107 cm³/mol. The molecule has 0 aliphatic heterocycles. The smallest absolute Gasteiger partial charge is 0.140 e. The Hall–Kier alpha value is -1.90. The van der Waals surface area contributed by atoms with Gasteiger partial charge in [-0.2, -0.15) is 0 Å². The lowest BCUT2D eigenvalue weighted by atomic mass is 10.0. The molecule has 0 atom stereocenters. The summed E-state index contributed by atoms with van der Waals surface area (Å²) in [7, 11) is 1.70. The molecule has 3 nitrogen and oxygen atoms in total. The van der Waals surface area contributed by atoms with Crippen molar-refractivity contribution in [2.45, 2.75) is 72.6 Å². The second-order valence-corrected chi connectivity index (χ2v) is 7.26. The Morgan fingerprint density at radius 2 is 1.60 bits per heavy atom. The second kappa shape index (κ2) is 10.2. The predicted octanol–water partition coefficient (Wildman–Crippen LogP) is 6.10. The van der Waals surface area contributed by atoms with Crippen LogP contribution in [-0.4, -0.2) is 17.1 Å². The molecule has 0 amide bonds. The summed E-state index contributed by atoms with van der Waals surface area (Å²) >= 11 is 0. The lowest BCUT2D eigenvalue weighted by Gasteiger charge is -2.13. The minimum absolute atomic E-state index is 0.408. The van der Waals surface area contributed by atoms with E-state index >= 15 is 0 Å². The maximum atomic E-state index is 5.33. The van der Waals surface area contributed by atoms with Crippen LogP contribution in [0.25, 0.3) is 0 Å². The van der Waals surface area contributed by atoms with E-state index in [2.05, 4.69) is 76.6 Å². The van der Waals surface area contributed by atoms with Crippen molar-refractivity contribution in [3.05, 3.63) is 53.1 Å². The summed E-state index contributed by atoms with van der Waals surface area (Å²) in [5, 5.41) is 0. The average molecular weight is 343 g/mol. The highest BCUT2D eigenvalue weighted by Crippen LogP contribution is 2.27. The van der Waals surface area contributed by atoms with Crippen LogP contribution in [0.1, 0.15) is 88.7 Å². The van der Waals surface area contributed by atoms with Gasteiger partial charge in [0.1, 0.15) is 5.75 Å². The molecule has 0 fully saturated rings. The number of hydrogen-bond acceptors (Lipinski definition) is 3. The molecule has 3 heteroatoms. The van der Waals surface area contributed by atoms with Gasteiger partial charge in [0.2, 0.25) is 0 Å². The zero-order valence-corrected chi connectivity index (χ0v) is 17.1. The van der Waals surface area contributed by atoms with Crippen LogP contribution in [0.2, 0.25) is 0 Å².